The number of carbonyl (C=O) groups is 1. The van der Waals surface area contributed by atoms with Gasteiger partial charge in [0.15, 0.2) is 5.84 Å². The second-order valence-electron chi connectivity index (χ2n) is 2.80. The monoisotopic (exact) mass is 242 g/mol. The minimum absolute atomic E-state index is 0.000789. The smallest absolute Gasteiger partial charge is 0.369 e. The van der Waals surface area contributed by atoms with Crippen LogP contribution in [0.1, 0.15) is 10.4 Å². The van der Waals surface area contributed by atoms with Gasteiger partial charge in [0.1, 0.15) is 11.3 Å². The number of rotatable bonds is 4. The number of carbonyl (C=O) groups excluding carboxylic acids is 1. The molecule has 0 amide bonds. The maximum atomic E-state index is 11.5. The third-order valence-electron chi connectivity index (χ3n) is 1.71. The molecular formula is C10H11ClN2O3. The molecule has 1 aromatic rings. The van der Waals surface area contributed by atoms with Gasteiger partial charge in [-0.15, -0.1) is 11.6 Å². The summed E-state index contributed by atoms with van der Waals surface area (Å²) in [5.74, 6) is -0.207. The number of benzene rings is 1. The van der Waals surface area contributed by atoms with Crippen molar-refractivity contribution in [2.45, 2.75) is 0 Å². The predicted molar refractivity (Wildman–Crippen MR) is 60.8 cm³/mol. The number of hydrogen-bond donors (Lipinski definition) is 1. The first kappa shape index (κ1) is 12.3. The molecule has 0 saturated heterocycles. The molecule has 0 unspecified atom stereocenters. The van der Waals surface area contributed by atoms with E-state index < -0.39 is 5.97 Å². The number of oxime groups is 1. The first-order valence-electron chi connectivity index (χ1n) is 4.41. The molecular weight excluding hydrogens is 232 g/mol. The molecule has 0 aromatic heterocycles. The standard InChI is InChI=1S/C10H11ClN2O3/c1-15-8-5-3-2-4-7(8)10(14)16-13-9(12)6-11/h2-5H,6H2,1H3,(H2,12,13). The molecule has 0 heterocycles. The van der Waals surface area contributed by atoms with Crippen molar-refractivity contribution in [3.8, 4) is 5.75 Å². The van der Waals surface area contributed by atoms with Gasteiger partial charge in [-0.1, -0.05) is 17.3 Å². The van der Waals surface area contributed by atoms with Crippen LogP contribution in [0.2, 0.25) is 0 Å². The van der Waals surface area contributed by atoms with E-state index in [1.54, 1.807) is 24.3 Å². The third kappa shape index (κ3) is 3.13. The molecule has 0 bridgehead atoms. The van der Waals surface area contributed by atoms with Gasteiger partial charge in [-0.2, -0.15) is 0 Å². The maximum absolute atomic E-state index is 11.5. The van der Waals surface area contributed by atoms with Crippen LogP contribution in [0.25, 0.3) is 0 Å². The molecule has 0 atom stereocenters. The van der Waals surface area contributed by atoms with Crippen molar-refractivity contribution >= 4 is 23.4 Å². The fraction of sp³-hybridized carbons (Fsp3) is 0.200. The van der Waals surface area contributed by atoms with Gasteiger partial charge in [0.05, 0.1) is 13.0 Å². The normalized spacial score (nSPS) is 11.0. The molecule has 0 radical (unpaired) electrons. The first-order valence-corrected chi connectivity index (χ1v) is 4.95. The Hall–Kier alpha value is -1.75. The highest BCUT2D eigenvalue weighted by Crippen LogP contribution is 2.18. The summed E-state index contributed by atoms with van der Waals surface area (Å²) in [5.41, 5.74) is 5.55. The molecule has 1 rings (SSSR count). The maximum Gasteiger partial charge on any atom is 0.369 e. The number of ether oxygens (including phenoxy) is 1. The number of nitrogens with two attached hydrogens (primary N) is 1. The number of halogens is 1. The molecule has 0 aliphatic heterocycles. The Labute approximate surface area is 97.8 Å². The zero-order valence-corrected chi connectivity index (χ0v) is 9.40. The first-order chi connectivity index (χ1) is 7.69. The van der Waals surface area contributed by atoms with E-state index in [1.807, 2.05) is 0 Å². The van der Waals surface area contributed by atoms with Gasteiger partial charge >= 0.3 is 5.97 Å². The second kappa shape index (κ2) is 5.97. The topological polar surface area (TPSA) is 73.9 Å². The zero-order chi connectivity index (χ0) is 12.0. The number of hydrogen-bond acceptors (Lipinski definition) is 4. The second-order valence-corrected chi connectivity index (χ2v) is 3.06. The van der Waals surface area contributed by atoms with Crippen LogP contribution in [0.3, 0.4) is 0 Å². The van der Waals surface area contributed by atoms with E-state index in [1.165, 1.54) is 7.11 Å². The van der Waals surface area contributed by atoms with Gasteiger partial charge in [0, 0.05) is 0 Å². The molecule has 6 heteroatoms. The molecule has 86 valence electrons. The number of nitrogens with zero attached hydrogens (tertiary/aromatic N) is 1. The molecule has 0 spiro atoms. The summed E-state index contributed by atoms with van der Waals surface area (Å²) in [6.45, 7) is 0. The van der Waals surface area contributed by atoms with Gasteiger partial charge in [-0.3, -0.25) is 0 Å². The minimum atomic E-state index is -0.648. The van der Waals surface area contributed by atoms with Crippen molar-refractivity contribution in [2.24, 2.45) is 10.9 Å². The SMILES string of the molecule is COc1ccccc1C(=O)ON=C(N)CCl. The van der Waals surface area contributed by atoms with E-state index in [-0.39, 0.29) is 17.3 Å². The Kier molecular flexibility index (Phi) is 4.60. The summed E-state index contributed by atoms with van der Waals surface area (Å²) in [7, 11) is 1.46. The van der Waals surface area contributed by atoms with Gasteiger partial charge in [-0.25, -0.2) is 4.79 Å². The zero-order valence-electron chi connectivity index (χ0n) is 8.64. The van der Waals surface area contributed by atoms with Crippen LogP contribution >= 0.6 is 11.6 Å². The van der Waals surface area contributed by atoms with E-state index in [4.69, 9.17) is 22.1 Å². The van der Waals surface area contributed by atoms with Crippen molar-refractivity contribution in [3.63, 3.8) is 0 Å². The molecule has 16 heavy (non-hydrogen) atoms. The average molecular weight is 243 g/mol. The molecule has 5 nitrogen and oxygen atoms in total. The van der Waals surface area contributed by atoms with Crippen molar-refractivity contribution in [3.05, 3.63) is 29.8 Å². The van der Waals surface area contributed by atoms with Crippen LogP contribution in [0.15, 0.2) is 29.4 Å². The summed E-state index contributed by atoms with van der Waals surface area (Å²) in [4.78, 5) is 16.1. The number of amidine groups is 1. The van der Waals surface area contributed by atoms with E-state index in [0.29, 0.717) is 5.75 Å². The van der Waals surface area contributed by atoms with Gasteiger partial charge in [0.2, 0.25) is 0 Å². The Bertz CT molecular complexity index is 407. The summed E-state index contributed by atoms with van der Waals surface area (Å²) in [6.07, 6.45) is 0. The fourth-order valence-corrected chi connectivity index (χ4v) is 1.04. The molecule has 0 fully saturated rings. The lowest BCUT2D eigenvalue weighted by Gasteiger charge is -2.04. The van der Waals surface area contributed by atoms with E-state index in [9.17, 15) is 4.79 Å². The molecule has 0 saturated carbocycles. The van der Waals surface area contributed by atoms with E-state index >= 15 is 0 Å². The average Bonchev–Trinajstić information content (AvgIpc) is 2.35. The van der Waals surface area contributed by atoms with Crippen molar-refractivity contribution in [1.82, 2.24) is 0 Å². The van der Waals surface area contributed by atoms with Crippen LogP contribution in [0, 0.1) is 0 Å². The summed E-state index contributed by atoms with van der Waals surface area (Å²) >= 11 is 5.37. The van der Waals surface area contributed by atoms with Gasteiger partial charge < -0.3 is 15.3 Å². The highest BCUT2D eigenvalue weighted by Gasteiger charge is 2.12. The fourth-order valence-electron chi connectivity index (χ4n) is 0.987. The lowest BCUT2D eigenvalue weighted by Crippen LogP contribution is -2.15. The highest BCUT2D eigenvalue weighted by atomic mass is 35.5. The van der Waals surface area contributed by atoms with Crippen LogP contribution in [-0.4, -0.2) is 24.8 Å². The highest BCUT2D eigenvalue weighted by molar-refractivity contribution is 6.27. The molecule has 2 N–H and O–H groups in total. The Balaban J connectivity index is 2.80. The molecule has 1 aromatic carbocycles. The van der Waals surface area contributed by atoms with Crippen molar-refractivity contribution < 1.29 is 14.4 Å². The van der Waals surface area contributed by atoms with Crippen molar-refractivity contribution in [2.75, 3.05) is 13.0 Å². The largest absolute Gasteiger partial charge is 0.496 e. The number of alkyl halides is 1. The lowest BCUT2D eigenvalue weighted by molar-refractivity contribution is 0.0512. The number of methoxy groups -OCH3 is 1. The Morgan fingerprint density at radius 2 is 2.19 bits per heavy atom. The van der Waals surface area contributed by atoms with Gasteiger partial charge in [0.25, 0.3) is 0 Å². The minimum Gasteiger partial charge on any atom is -0.496 e. The van der Waals surface area contributed by atoms with Crippen LogP contribution in [0.5, 0.6) is 5.75 Å². The Morgan fingerprint density at radius 1 is 1.50 bits per heavy atom. The summed E-state index contributed by atoms with van der Waals surface area (Å²) in [6, 6.07) is 6.64. The predicted octanol–water partition coefficient (Wildman–Crippen LogP) is 1.36. The Morgan fingerprint density at radius 3 is 2.81 bits per heavy atom. The quantitative estimate of drug-likeness (QED) is 0.284. The summed E-state index contributed by atoms with van der Waals surface area (Å²) < 4.78 is 4.99. The van der Waals surface area contributed by atoms with Crippen molar-refractivity contribution in [1.29, 1.82) is 0 Å². The third-order valence-corrected chi connectivity index (χ3v) is 1.98. The van der Waals surface area contributed by atoms with E-state index in [2.05, 4.69) is 9.99 Å². The molecule has 0 aliphatic rings. The number of para-hydroxylation sites is 1. The summed E-state index contributed by atoms with van der Waals surface area (Å²) in [5, 5.41) is 3.35. The van der Waals surface area contributed by atoms with E-state index in [0.717, 1.165) is 0 Å². The van der Waals surface area contributed by atoms with Crippen LogP contribution < -0.4 is 10.5 Å². The lowest BCUT2D eigenvalue weighted by atomic mass is 10.2. The van der Waals surface area contributed by atoms with Crippen LogP contribution in [0.4, 0.5) is 0 Å². The molecule has 0 aliphatic carbocycles. The van der Waals surface area contributed by atoms with Crippen LogP contribution in [-0.2, 0) is 4.84 Å². The van der Waals surface area contributed by atoms with Gasteiger partial charge in [-0.05, 0) is 12.1 Å².